The molecule has 0 aliphatic heterocycles. The molecule has 0 heterocycles. The maximum absolute atomic E-state index is 14.5. The Morgan fingerprint density at radius 2 is 1.44 bits per heavy atom. The molecule has 2 aliphatic rings. The van der Waals surface area contributed by atoms with Crippen molar-refractivity contribution in [2.75, 3.05) is 0 Å². The normalized spacial score (nSPS) is 41.8. The summed E-state index contributed by atoms with van der Waals surface area (Å²) in [5.74, 6) is -0.554. The molecule has 0 spiro atoms. The lowest BCUT2D eigenvalue weighted by atomic mass is 9.66. The highest BCUT2D eigenvalue weighted by Gasteiger charge is 2.43. The van der Waals surface area contributed by atoms with E-state index in [9.17, 15) is 17.6 Å². The molecule has 0 aromatic heterocycles. The van der Waals surface area contributed by atoms with E-state index in [0.29, 0.717) is 6.42 Å². The van der Waals surface area contributed by atoms with Crippen molar-refractivity contribution in [3.8, 4) is 0 Å². The average Bonchev–Trinajstić information content (AvgIpc) is 2.64. The van der Waals surface area contributed by atoms with Crippen molar-refractivity contribution in [1.82, 2.24) is 0 Å². The molecule has 0 aromatic carbocycles. The van der Waals surface area contributed by atoms with Crippen molar-refractivity contribution in [2.45, 2.75) is 97.3 Å². The highest BCUT2D eigenvalue weighted by molar-refractivity contribution is 4.92. The fraction of sp³-hybridized carbons (Fsp3) is 1.00. The van der Waals surface area contributed by atoms with Gasteiger partial charge < -0.3 is 0 Å². The molecule has 25 heavy (non-hydrogen) atoms. The van der Waals surface area contributed by atoms with Gasteiger partial charge in [-0.15, -0.1) is 0 Å². The molecule has 0 bridgehead atoms. The Morgan fingerprint density at radius 1 is 0.840 bits per heavy atom. The monoisotopic (exact) mass is 364 g/mol. The SMILES string of the molecule is CCC(C)C(F)C(F)C(C)C1CCC(C2CCC(C)C(F)C2F)CC1. The molecule has 2 saturated carbocycles. The van der Waals surface area contributed by atoms with E-state index in [2.05, 4.69) is 0 Å². The molecule has 4 heteroatoms. The van der Waals surface area contributed by atoms with Crippen LogP contribution >= 0.6 is 0 Å². The summed E-state index contributed by atoms with van der Waals surface area (Å²) in [4.78, 5) is 0. The summed E-state index contributed by atoms with van der Waals surface area (Å²) in [7, 11) is 0. The molecule has 2 aliphatic carbocycles. The van der Waals surface area contributed by atoms with E-state index in [1.165, 1.54) is 0 Å². The third kappa shape index (κ3) is 4.71. The summed E-state index contributed by atoms with van der Waals surface area (Å²) in [5, 5.41) is 0. The van der Waals surface area contributed by atoms with Gasteiger partial charge >= 0.3 is 0 Å². The molecular formula is C21H36F4. The van der Waals surface area contributed by atoms with Crippen LogP contribution in [0.15, 0.2) is 0 Å². The lowest BCUT2D eigenvalue weighted by Gasteiger charge is -2.42. The summed E-state index contributed by atoms with van der Waals surface area (Å²) >= 11 is 0. The second-order valence-corrected chi connectivity index (χ2v) is 8.92. The molecule has 8 unspecified atom stereocenters. The van der Waals surface area contributed by atoms with Gasteiger partial charge in [0.1, 0.15) is 24.7 Å². The highest BCUT2D eigenvalue weighted by Crippen LogP contribution is 2.45. The number of hydrogen-bond donors (Lipinski definition) is 0. The van der Waals surface area contributed by atoms with Gasteiger partial charge in [0.2, 0.25) is 0 Å². The topological polar surface area (TPSA) is 0 Å². The van der Waals surface area contributed by atoms with Crippen LogP contribution in [0.3, 0.4) is 0 Å². The van der Waals surface area contributed by atoms with Crippen molar-refractivity contribution >= 4 is 0 Å². The van der Waals surface area contributed by atoms with E-state index < -0.39 is 24.7 Å². The third-order valence-electron chi connectivity index (χ3n) is 7.37. The van der Waals surface area contributed by atoms with Crippen LogP contribution in [0.25, 0.3) is 0 Å². The second kappa shape index (κ2) is 9.08. The Balaban J connectivity index is 1.86. The van der Waals surface area contributed by atoms with Gasteiger partial charge in [-0.2, -0.15) is 0 Å². The standard InChI is InChI=1S/C21H36F4/c1-5-12(2)18(22)20(24)14(4)15-7-9-16(10-8-15)17-11-6-13(3)19(23)21(17)25/h12-21H,5-11H2,1-4H3. The van der Waals surface area contributed by atoms with E-state index in [-0.39, 0.29) is 35.5 Å². The molecule has 0 saturated heterocycles. The number of alkyl halides is 4. The fourth-order valence-corrected chi connectivity index (χ4v) is 5.01. The molecule has 8 atom stereocenters. The van der Waals surface area contributed by atoms with Crippen molar-refractivity contribution < 1.29 is 17.6 Å². The largest absolute Gasteiger partial charge is 0.244 e. The molecule has 0 aromatic rings. The van der Waals surface area contributed by atoms with E-state index in [0.717, 1.165) is 38.5 Å². The van der Waals surface area contributed by atoms with E-state index in [4.69, 9.17) is 0 Å². The van der Waals surface area contributed by atoms with Crippen LogP contribution < -0.4 is 0 Å². The molecule has 0 nitrogen and oxygen atoms in total. The van der Waals surface area contributed by atoms with Gasteiger partial charge in [-0.1, -0.05) is 34.1 Å². The minimum Gasteiger partial charge on any atom is -0.244 e. The summed E-state index contributed by atoms with van der Waals surface area (Å²) in [6.07, 6.45) is -0.0639. The van der Waals surface area contributed by atoms with Gasteiger partial charge in [0, 0.05) is 0 Å². The molecule has 2 fully saturated rings. The quantitative estimate of drug-likeness (QED) is 0.451. The van der Waals surface area contributed by atoms with Gasteiger partial charge in [0.05, 0.1) is 0 Å². The third-order valence-corrected chi connectivity index (χ3v) is 7.37. The first-order chi connectivity index (χ1) is 11.8. The van der Waals surface area contributed by atoms with Crippen LogP contribution in [0.4, 0.5) is 17.6 Å². The van der Waals surface area contributed by atoms with Crippen LogP contribution in [0.2, 0.25) is 0 Å². The zero-order valence-corrected chi connectivity index (χ0v) is 16.2. The van der Waals surface area contributed by atoms with Crippen molar-refractivity contribution in [2.24, 2.45) is 35.5 Å². The van der Waals surface area contributed by atoms with Crippen molar-refractivity contribution in [3.63, 3.8) is 0 Å². The van der Waals surface area contributed by atoms with Gasteiger partial charge in [-0.25, -0.2) is 17.6 Å². The van der Waals surface area contributed by atoms with Gasteiger partial charge in [-0.05, 0) is 74.0 Å². The predicted molar refractivity (Wildman–Crippen MR) is 95.5 cm³/mol. The van der Waals surface area contributed by atoms with Gasteiger partial charge in [-0.3, -0.25) is 0 Å². The van der Waals surface area contributed by atoms with E-state index in [1.807, 2.05) is 13.8 Å². The maximum Gasteiger partial charge on any atom is 0.134 e. The molecule has 0 N–H and O–H groups in total. The first-order valence-corrected chi connectivity index (χ1v) is 10.3. The zero-order valence-electron chi connectivity index (χ0n) is 16.2. The van der Waals surface area contributed by atoms with Crippen LogP contribution in [0.5, 0.6) is 0 Å². The van der Waals surface area contributed by atoms with Crippen molar-refractivity contribution in [3.05, 3.63) is 0 Å². The van der Waals surface area contributed by atoms with Crippen molar-refractivity contribution in [1.29, 1.82) is 0 Å². The first kappa shape index (κ1) is 21.0. The highest BCUT2D eigenvalue weighted by atomic mass is 19.2. The summed E-state index contributed by atoms with van der Waals surface area (Å²) < 4.78 is 57.2. The van der Waals surface area contributed by atoms with Gasteiger partial charge in [0.15, 0.2) is 0 Å². The Hall–Kier alpha value is -0.280. The lowest BCUT2D eigenvalue weighted by Crippen LogP contribution is -2.42. The number of rotatable bonds is 6. The average molecular weight is 365 g/mol. The van der Waals surface area contributed by atoms with Gasteiger partial charge in [0.25, 0.3) is 0 Å². The Labute approximate surface area is 151 Å². The Kier molecular flexibility index (Phi) is 7.64. The predicted octanol–water partition coefficient (Wildman–Crippen LogP) is 6.87. The Morgan fingerprint density at radius 3 is 2.00 bits per heavy atom. The van der Waals surface area contributed by atoms with E-state index in [1.54, 1.807) is 13.8 Å². The second-order valence-electron chi connectivity index (χ2n) is 8.92. The van der Waals surface area contributed by atoms with Crippen LogP contribution in [0, 0.1) is 35.5 Å². The number of halogens is 4. The van der Waals surface area contributed by atoms with Crippen LogP contribution in [-0.4, -0.2) is 24.7 Å². The molecule has 0 radical (unpaired) electrons. The molecule has 2 rings (SSSR count). The lowest BCUT2D eigenvalue weighted by molar-refractivity contribution is -0.0146. The minimum absolute atomic E-state index is 0.162. The molecule has 0 amide bonds. The van der Waals surface area contributed by atoms with Crippen LogP contribution in [0.1, 0.15) is 72.6 Å². The summed E-state index contributed by atoms with van der Waals surface area (Å²) in [5.41, 5.74) is 0. The molecule has 148 valence electrons. The summed E-state index contributed by atoms with van der Waals surface area (Å²) in [6.45, 7) is 7.26. The zero-order chi connectivity index (χ0) is 18.7. The minimum atomic E-state index is -1.42. The van der Waals surface area contributed by atoms with Crippen LogP contribution in [-0.2, 0) is 0 Å². The first-order valence-electron chi connectivity index (χ1n) is 10.3. The Bertz CT molecular complexity index is 393. The smallest absolute Gasteiger partial charge is 0.134 e. The fourth-order valence-electron chi connectivity index (χ4n) is 5.01. The van der Waals surface area contributed by atoms with E-state index >= 15 is 0 Å². The maximum atomic E-state index is 14.5. The summed E-state index contributed by atoms with van der Waals surface area (Å²) in [6, 6.07) is 0. The number of hydrogen-bond acceptors (Lipinski definition) is 0. The molecular weight excluding hydrogens is 328 g/mol.